The Morgan fingerprint density at radius 2 is 1.80 bits per heavy atom. The summed E-state index contributed by atoms with van der Waals surface area (Å²) < 4.78 is 13.0. The molecule has 106 valence electrons. The lowest BCUT2D eigenvalue weighted by Crippen LogP contribution is -2.23. The summed E-state index contributed by atoms with van der Waals surface area (Å²) in [4.78, 5) is 9.02. The highest BCUT2D eigenvalue weighted by Crippen LogP contribution is 2.30. The monoisotopic (exact) mass is 292 g/mol. The van der Waals surface area contributed by atoms with E-state index in [9.17, 15) is 4.39 Å². The second-order valence-electron chi connectivity index (χ2n) is 5.48. The Hall–Kier alpha value is -1.48. The van der Waals surface area contributed by atoms with Gasteiger partial charge < -0.3 is 0 Å². The zero-order valence-electron chi connectivity index (χ0n) is 12.1. The smallest absolute Gasteiger partial charge is 0.138 e. The Morgan fingerprint density at radius 3 is 2.30 bits per heavy atom. The Kier molecular flexibility index (Phi) is 4.09. The quantitative estimate of drug-likeness (QED) is 0.776. The second-order valence-corrected chi connectivity index (χ2v) is 6.14. The number of aryl methyl sites for hydroxylation is 1. The first-order chi connectivity index (χ1) is 9.32. The zero-order valence-corrected chi connectivity index (χ0v) is 12.9. The van der Waals surface area contributed by atoms with Crippen molar-refractivity contribution >= 4 is 11.6 Å². The van der Waals surface area contributed by atoms with E-state index >= 15 is 0 Å². The molecule has 2 rings (SSSR count). The van der Waals surface area contributed by atoms with Gasteiger partial charge in [-0.2, -0.15) is 0 Å². The van der Waals surface area contributed by atoms with Crippen molar-refractivity contribution in [1.82, 2.24) is 9.97 Å². The van der Waals surface area contributed by atoms with E-state index in [1.165, 1.54) is 12.1 Å². The molecular formula is C16H18ClFN2. The van der Waals surface area contributed by atoms with Crippen LogP contribution in [0.3, 0.4) is 0 Å². The molecule has 0 N–H and O–H groups in total. The van der Waals surface area contributed by atoms with Crippen molar-refractivity contribution < 1.29 is 4.39 Å². The van der Waals surface area contributed by atoms with Gasteiger partial charge in [-0.15, -0.1) is 11.6 Å². The zero-order chi connectivity index (χ0) is 14.9. The lowest BCUT2D eigenvalue weighted by atomic mass is 9.83. The first-order valence-electron chi connectivity index (χ1n) is 6.56. The van der Waals surface area contributed by atoms with Crippen molar-refractivity contribution in [3.63, 3.8) is 0 Å². The molecule has 0 fully saturated rings. The van der Waals surface area contributed by atoms with Crippen LogP contribution in [0.1, 0.15) is 48.8 Å². The number of alkyl halides is 1. The summed E-state index contributed by atoms with van der Waals surface area (Å²) in [7, 11) is 0. The predicted octanol–water partition coefficient (Wildman–Crippen LogP) is 4.55. The molecule has 0 spiro atoms. The predicted molar refractivity (Wildman–Crippen MR) is 79.6 cm³/mol. The minimum atomic E-state index is -0.382. The van der Waals surface area contributed by atoms with Crippen LogP contribution >= 0.6 is 11.6 Å². The summed E-state index contributed by atoms with van der Waals surface area (Å²) >= 11 is 6.09. The van der Waals surface area contributed by atoms with E-state index in [0.29, 0.717) is 5.82 Å². The number of halogens is 2. The Balaban J connectivity index is 2.44. The first kappa shape index (κ1) is 14.9. The Labute approximate surface area is 124 Å². The summed E-state index contributed by atoms with van der Waals surface area (Å²) in [6.07, 6.45) is 1.78. The van der Waals surface area contributed by atoms with Gasteiger partial charge in [0.05, 0.1) is 5.38 Å². The fourth-order valence-electron chi connectivity index (χ4n) is 2.16. The van der Waals surface area contributed by atoms with Crippen LogP contribution in [-0.2, 0) is 5.41 Å². The third-order valence-corrected chi connectivity index (χ3v) is 3.81. The van der Waals surface area contributed by atoms with Crippen LogP contribution < -0.4 is 0 Å². The van der Waals surface area contributed by atoms with E-state index in [0.717, 1.165) is 16.8 Å². The molecule has 1 heterocycles. The molecule has 0 amide bonds. The van der Waals surface area contributed by atoms with Gasteiger partial charge in [-0.05, 0) is 45.4 Å². The maximum atomic E-state index is 13.0. The van der Waals surface area contributed by atoms with Crippen LogP contribution in [0.25, 0.3) is 0 Å². The molecule has 0 aliphatic rings. The highest BCUT2D eigenvalue weighted by atomic mass is 35.5. The number of hydrogen-bond acceptors (Lipinski definition) is 2. The number of benzene rings is 1. The lowest BCUT2D eigenvalue weighted by Gasteiger charge is -2.24. The van der Waals surface area contributed by atoms with E-state index in [-0.39, 0.29) is 16.6 Å². The van der Waals surface area contributed by atoms with Gasteiger partial charge in [0.25, 0.3) is 0 Å². The van der Waals surface area contributed by atoms with E-state index in [1.54, 1.807) is 18.3 Å². The van der Waals surface area contributed by atoms with Gasteiger partial charge in [-0.3, -0.25) is 0 Å². The van der Waals surface area contributed by atoms with Crippen LogP contribution in [0.4, 0.5) is 4.39 Å². The molecule has 1 aromatic carbocycles. The number of hydrogen-bond donors (Lipinski definition) is 0. The normalized spacial score (nSPS) is 13.3. The molecule has 0 radical (unpaired) electrons. The molecule has 0 bridgehead atoms. The molecule has 0 saturated carbocycles. The van der Waals surface area contributed by atoms with Crippen molar-refractivity contribution in [2.45, 2.75) is 38.5 Å². The highest BCUT2D eigenvalue weighted by molar-refractivity contribution is 6.20. The van der Waals surface area contributed by atoms with Crippen molar-refractivity contribution in [3.05, 3.63) is 58.9 Å². The maximum Gasteiger partial charge on any atom is 0.138 e. The second kappa shape index (κ2) is 5.49. The third kappa shape index (κ3) is 2.83. The Morgan fingerprint density at radius 1 is 1.20 bits per heavy atom. The Bertz CT molecular complexity index is 606. The first-order valence-corrected chi connectivity index (χ1v) is 7.00. The fraction of sp³-hybridized carbons (Fsp3) is 0.375. The topological polar surface area (TPSA) is 25.8 Å². The van der Waals surface area contributed by atoms with Gasteiger partial charge in [0.15, 0.2) is 0 Å². The lowest BCUT2D eigenvalue weighted by molar-refractivity contribution is 0.579. The van der Waals surface area contributed by atoms with Gasteiger partial charge in [0.2, 0.25) is 0 Å². The van der Waals surface area contributed by atoms with Gasteiger partial charge >= 0.3 is 0 Å². The SMILES string of the molecule is Cc1nc(C(C)(C)c2ccc(F)cc2)ncc1C(C)Cl. The van der Waals surface area contributed by atoms with E-state index in [4.69, 9.17) is 11.6 Å². The van der Waals surface area contributed by atoms with Crippen LogP contribution in [0.15, 0.2) is 30.5 Å². The largest absolute Gasteiger partial charge is 0.240 e. The summed E-state index contributed by atoms with van der Waals surface area (Å²) in [5.41, 5.74) is 2.41. The fourth-order valence-corrected chi connectivity index (χ4v) is 2.38. The molecular weight excluding hydrogens is 275 g/mol. The summed E-state index contributed by atoms with van der Waals surface area (Å²) in [6, 6.07) is 6.45. The van der Waals surface area contributed by atoms with Gasteiger partial charge in [0, 0.05) is 22.9 Å². The third-order valence-electron chi connectivity index (χ3n) is 3.57. The molecule has 0 saturated heterocycles. The number of aromatic nitrogens is 2. The standard InChI is InChI=1S/C16H18ClFN2/c1-10(17)14-9-19-15(20-11(14)2)16(3,4)12-5-7-13(18)8-6-12/h5-10H,1-4H3. The maximum absolute atomic E-state index is 13.0. The van der Waals surface area contributed by atoms with Gasteiger partial charge in [-0.25, -0.2) is 14.4 Å². The molecule has 4 heteroatoms. The average molecular weight is 293 g/mol. The molecule has 1 unspecified atom stereocenters. The minimum absolute atomic E-state index is 0.113. The van der Waals surface area contributed by atoms with E-state index in [2.05, 4.69) is 9.97 Å². The van der Waals surface area contributed by atoms with Crippen molar-refractivity contribution in [2.24, 2.45) is 0 Å². The van der Waals surface area contributed by atoms with Gasteiger partial charge in [0.1, 0.15) is 11.6 Å². The van der Waals surface area contributed by atoms with E-state index in [1.807, 2.05) is 27.7 Å². The molecule has 2 aromatic rings. The van der Waals surface area contributed by atoms with Gasteiger partial charge in [-0.1, -0.05) is 12.1 Å². The summed E-state index contributed by atoms with van der Waals surface area (Å²) in [6.45, 7) is 7.88. The van der Waals surface area contributed by atoms with Crippen molar-refractivity contribution in [3.8, 4) is 0 Å². The average Bonchev–Trinajstić information content (AvgIpc) is 2.38. The minimum Gasteiger partial charge on any atom is -0.240 e. The molecule has 0 aliphatic carbocycles. The van der Waals surface area contributed by atoms with E-state index < -0.39 is 0 Å². The van der Waals surface area contributed by atoms with Crippen LogP contribution in [0.2, 0.25) is 0 Å². The summed E-state index contributed by atoms with van der Waals surface area (Å²) in [5.74, 6) is 0.468. The molecule has 1 atom stereocenters. The van der Waals surface area contributed by atoms with Crippen molar-refractivity contribution in [2.75, 3.05) is 0 Å². The molecule has 1 aromatic heterocycles. The van der Waals surface area contributed by atoms with Crippen molar-refractivity contribution in [1.29, 1.82) is 0 Å². The molecule has 2 nitrogen and oxygen atoms in total. The van der Waals surface area contributed by atoms with Crippen LogP contribution in [0.5, 0.6) is 0 Å². The molecule has 0 aliphatic heterocycles. The van der Waals surface area contributed by atoms with Crippen LogP contribution in [-0.4, -0.2) is 9.97 Å². The van der Waals surface area contributed by atoms with Crippen LogP contribution in [0, 0.1) is 12.7 Å². The highest BCUT2D eigenvalue weighted by Gasteiger charge is 2.27. The number of rotatable bonds is 3. The summed E-state index contributed by atoms with van der Waals surface area (Å²) in [5, 5.41) is -0.113. The molecule has 20 heavy (non-hydrogen) atoms. The number of nitrogens with zero attached hydrogens (tertiary/aromatic N) is 2.